The number of anilines is 2. The highest BCUT2D eigenvalue weighted by atomic mass is 16.2. The number of amides is 1. The van der Waals surface area contributed by atoms with Gasteiger partial charge in [-0.2, -0.15) is 5.26 Å². The maximum atomic E-state index is 12.1. The Morgan fingerprint density at radius 3 is 3.00 bits per heavy atom. The molecule has 0 atom stereocenters. The molecule has 5 heteroatoms. The highest BCUT2D eigenvalue weighted by molar-refractivity contribution is 6.01. The van der Waals surface area contributed by atoms with E-state index in [0.29, 0.717) is 24.3 Å². The predicted octanol–water partition coefficient (Wildman–Crippen LogP) is 1.62. The number of carbonyl (C=O) groups excluding carboxylic acids is 1. The molecule has 0 fully saturated rings. The van der Waals surface area contributed by atoms with Crippen molar-refractivity contribution in [3.63, 3.8) is 0 Å². The molecule has 98 valence electrons. The maximum absolute atomic E-state index is 12.1. The molecule has 3 rings (SSSR count). The number of hydrogen-bond acceptors (Lipinski definition) is 4. The first-order valence-electron chi connectivity index (χ1n) is 6.21. The van der Waals surface area contributed by atoms with Crippen LogP contribution in [0.4, 0.5) is 11.4 Å². The molecule has 1 aliphatic heterocycles. The molecular weight excluding hydrogens is 252 g/mol. The third-order valence-corrected chi connectivity index (χ3v) is 3.32. The van der Waals surface area contributed by atoms with Crippen molar-refractivity contribution in [2.75, 3.05) is 10.6 Å². The monoisotopic (exact) mass is 264 g/mol. The molecule has 0 saturated carbocycles. The summed E-state index contributed by atoms with van der Waals surface area (Å²) in [5.41, 5.74) is 9.47. The van der Waals surface area contributed by atoms with E-state index in [2.05, 4.69) is 4.98 Å². The molecule has 0 bridgehead atoms. The van der Waals surface area contributed by atoms with Crippen molar-refractivity contribution in [3.8, 4) is 6.07 Å². The second-order valence-corrected chi connectivity index (χ2v) is 4.71. The zero-order valence-corrected chi connectivity index (χ0v) is 10.7. The summed E-state index contributed by atoms with van der Waals surface area (Å²) in [5, 5.41) is 8.86. The van der Waals surface area contributed by atoms with Crippen LogP contribution in [0.5, 0.6) is 0 Å². The highest BCUT2D eigenvalue weighted by Gasteiger charge is 2.27. The maximum Gasteiger partial charge on any atom is 0.231 e. The Kier molecular flexibility index (Phi) is 2.84. The Morgan fingerprint density at radius 2 is 2.20 bits per heavy atom. The number of rotatable bonds is 2. The Hall–Kier alpha value is -2.87. The Labute approximate surface area is 116 Å². The van der Waals surface area contributed by atoms with Gasteiger partial charge in [-0.25, -0.2) is 4.98 Å². The summed E-state index contributed by atoms with van der Waals surface area (Å²) in [6.45, 7) is 0.437. The summed E-state index contributed by atoms with van der Waals surface area (Å²) in [7, 11) is 0. The summed E-state index contributed by atoms with van der Waals surface area (Å²) in [5.74, 6) is 0.0425. The largest absolute Gasteiger partial charge is 0.399 e. The number of hydrogen-bond donors (Lipinski definition) is 1. The number of nitrogens with two attached hydrogens (primary N) is 1. The Morgan fingerprint density at radius 1 is 1.35 bits per heavy atom. The van der Waals surface area contributed by atoms with Crippen molar-refractivity contribution in [3.05, 3.63) is 53.3 Å². The Balaban J connectivity index is 1.92. The van der Waals surface area contributed by atoms with E-state index in [0.717, 1.165) is 16.8 Å². The van der Waals surface area contributed by atoms with Gasteiger partial charge in [0.2, 0.25) is 5.91 Å². The van der Waals surface area contributed by atoms with E-state index >= 15 is 0 Å². The second kappa shape index (κ2) is 4.67. The first kappa shape index (κ1) is 12.2. The minimum absolute atomic E-state index is 0.0425. The number of aromatic nitrogens is 1. The van der Waals surface area contributed by atoms with Crippen LogP contribution >= 0.6 is 0 Å². The first-order valence-corrected chi connectivity index (χ1v) is 6.21. The van der Waals surface area contributed by atoms with Crippen molar-refractivity contribution >= 4 is 17.3 Å². The van der Waals surface area contributed by atoms with Crippen LogP contribution in [-0.4, -0.2) is 10.9 Å². The molecule has 0 aliphatic carbocycles. The number of pyridine rings is 1. The minimum Gasteiger partial charge on any atom is -0.399 e. The molecule has 1 aromatic heterocycles. The third kappa shape index (κ3) is 2.08. The van der Waals surface area contributed by atoms with Crippen LogP contribution < -0.4 is 10.6 Å². The lowest BCUT2D eigenvalue weighted by Gasteiger charge is -2.17. The van der Waals surface area contributed by atoms with Crippen molar-refractivity contribution in [1.29, 1.82) is 5.26 Å². The van der Waals surface area contributed by atoms with Gasteiger partial charge in [0, 0.05) is 17.6 Å². The number of fused-ring (bicyclic) bond motifs is 1. The van der Waals surface area contributed by atoms with Gasteiger partial charge in [0.1, 0.15) is 11.8 Å². The lowest BCUT2D eigenvalue weighted by molar-refractivity contribution is -0.117. The van der Waals surface area contributed by atoms with Crippen LogP contribution in [0.3, 0.4) is 0 Å². The van der Waals surface area contributed by atoms with Gasteiger partial charge in [-0.1, -0.05) is 0 Å². The SMILES string of the molecule is N#Cc1cc(CN2C(=O)Cc3cc(N)ccc32)ccn1. The molecule has 2 N–H and O–H groups in total. The number of nitrogen functional groups attached to an aromatic ring is 1. The quantitative estimate of drug-likeness (QED) is 0.835. The van der Waals surface area contributed by atoms with Gasteiger partial charge in [-0.05, 0) is 41.5 Å². The molecule has 20 heavy (non-hydrogen) atoms. The average Bonchev–Trinajstić information content (AvgIpc) is 2.74. The summed E-state index contributed by atoms with van der Waals surface area (Å²) >= 11 is 0. The Bertz CT molecular complexity index is 733. The molecular formula is C15H12N4O. The number of nitrogens with zero attached hydrogens (tertiary/aromatic N) is 3. The molecule has 5 nitrogen and oxygen atoms in total. The zero-order chi connectivity index (χ0) is 14.1. The third-order valence-electron chi connectivity index (χ3n) is 3.32. The van der Waals surface area contributed by atoms with Crippen LogP contribution in [-0.2, 0) is 17.8 Å². The van der Waals surface area contributed by atoms with E-state index in [1.807, 2.05) is 24.3 Å². The van der Waals surface area contributed by atoms with E-state index < -0.39 is 0 Å². The molecule has 2 heterocycles. The van der Waals surface area contributed by atoms with Gasteiger partial charge in [-0.3, -0.25) is 4.79 Å². The number of benzene rings is 1. The predicted molar refractivity (Wildman–Crippen MR) is 74.7 cm³/mol. The van der Waals surface area contributed by atoms with Crippen LogP contribution in [0.1, 0.15) is 16.8 Å². The van der Waals surface area contributed by atoms with E-state index in [1.54, 1.807) is 23.2 Å². The lowest BCUT2D eigenvalue weighted by atomic mass is 10.1. The fourth-order valence-corrected chi connectivity index (χ4v) is 2.39. The summed E-state index contributed by atoms with van der Waals surface area (Å²) in [6.07, 6.45) is 1.95. The number of nitriles is 1. The fourth-order valence-electron chi connectivity index (χ4n) is 2.39. The summed E-state index contributed by atoms with van der Waals surface area (Å²) in [6, 6.07) is 11.0. The van der Waals surface area contributed by atoms with Gasteiger partial charge in [0.25, 0.3) is 0 Å². The topological polar surface area (TPSA) is 83.0 Å². The molecule has 0 spiro atoms. The zero-order valence-electron chi connectivity index (χ0n) is 10.7. The normalized spacial score (nSPS) is 13.2. The van der Waals surface area contributed by atoms with Gasteiger partial charge < -0.3 is 10.6 Å². The van der Waals surface area contributed by atoms with E-state index in [9.17, 15) is 4.79 Å². The summed E-state index contributed by atoms with van der Waals surface area (Å²) in [4.78, 5) is 17.7. The van der Waals surface area contributed by atoms with Gasteiger partial charge in [0.15, 0.2) is 0 Å². The van der Waals surface area contributed by atoms with Crippen molar-refractivity contribution in [2.24, 2.45) is 0 Å². The minimum atomic E-state index is 0.0425. The number of carbonyl (C=O) groups is 1. The van der Waals surface area contributed by atoms with E-state index in [1.165, 1.54) is 0 Å². The van der Waals surface area contributed by atoms with Gasteiger partial charge >= 0.3 is 0 Å². The van der Waals surface area contributed by atoms with Crippen LogP contribution in [0.2, 0.25) is 0 Å². The molecule has 1 aromatic carbocycles. The smallest absolute Gasteiger partial charge is 0.231 e. The van der Waals surface area contributed by atoms with Gasteiger partial charge in [-0.15, -0.1) is 0 Å². The van der Waals surface area contributed by atoms with Crippen LogP contribution in [0, 0.1) is 11.3 Å². The molecule has 1 aliphatic rings. The lowest BCUT2D eigenvalue weighted by Crippen LogP contribution is -2.26. The highest BCUT2D eigenvalue weighted by Crippen LogP contribution is 2.31. The van der Waals surface area contributed by atoms with E-state index in [-0.39, 0.29) is 5.91 Å². The molecule has 1 amide bonds. The molecule has 0 unspecified atom stereocenters. The average molecular weight is 264 g/mol. The first-order chi connectivity index (χ1) is 9.67. The summed E-state index contributed by atoms with van der Waals surface area (Å²) < 4.78 is 0. The van der Waals surface area contributed by atoms with E-state index in [4.69, 9.17) is 11.0 Å². The standard InChI is InChI=1S/C15H12N4O/c16-8-13-5-10(3-4-18-13)9-19-14-2-1-12(17)6-11(14)7-15(19)20/h1-6H,7,9,17H2. The second-order valence-electron chi connectivity index (χ2n) is 4.71. The van der Waals surface area contributed by atoms with Crippen LogP contribution in [0.15, 0.2) is 36.5 Å². The van der Waals surface area contributed by atoms with Crippen molar-refractivity contribution in [1.82, 2.24) is 4.98 Å². The molecule has 0 saturated heterocycles. The molecule has 2 aromatic rings. The van der Waals surface area contributed by atoms with Gasteiger partial charge in [0.05, 0.1) is 13.0 Å². The fraction of sp³-hybridized carbons (Fsp3) is 0.133. The molecule has 0 radical (unpaired) electrons. The van der Waals surface area contributed by atoms with Crippen LogP contribution in [0.25, 0.3) is 0 Å². The van der Waals surface area contributed by atoms with Crippen molar-refractivity contribution < 1.29 is 4.79 Å². The van der Waals surface area contributed by atoms with Crippen molar-refractivity contribution in [2.45, 2.75) is 13.0 Å².